The van der Waals surface area contributed by atoms with Gasteiger partial charge in [-0.3, -0.25) is 0 Å². The summed E-state index contributed by atoms with van der Waals surface area (Å²) in [4.78, 5) is 3.98. The van der Waals surface area contributed by atoms with E-state index in [1.54, 1.807) is 6.20 Å². The normalized spacial score (nSPS) is 26.9. The largest absolute Gasteiger partial charge is 0.382 e. The molecule has 1 aromatic heterocycles. The zero-order valence-electron chi connectivity index (χ0n) is 8.67. The van der Waals surface area contributed by atoms with Gasteiger partial charge < -0.3 is 5.32 Å². The Kier molecular flexibility index (Phi) is 2.13. The van der Waals surface area contributed by atoms with E-state index in [0.717, 1.165) is 5.69 Å². The molecule has 1 atom stereocenters. The van der Waals surface area contributed by atoms with Gasteiger partial charge in [-0.2, -0.15) is 0 Å². The molecular formula is C12H15ClN2. The van der Waals surface area contributed by atoms with E-state index in [1.165, 1.54) is 32.1 Å². The maximum atomic E-state index is 5.85. The van der Waals surface area contributed by atoms with E-state index < -0.39 is 0 Å². The Morgan fingerprint density at radius 1 is 1.40 bits per heavy atom. The zero-order chi connectivity index (χ0) is 10.3. The summed E-state index contributed by atoms with van der Waals surface area (Å²) in [5.41, 5.74) is 1.75. The number of hydrogen-bond acceptors (Lipinski definition) is 2. The monoisotopic (exact) mass is 222 g/mol. The van der Waals surface area contributed by atoms with Crippen molar-refractivity contribution in [1.29, 1.82) is 0 Å². The lowest BCUT2D eigenvalue weighted by atomic mass is 10.1. The molecule has 1 heterocycles. The summed E-state index contributed by atoms with van der Waals surface area (Å²) < 4.78 is 0. The van der Waals surface area contributed by atoms with Crippen molar-refractivity contribution in [2.24, 2.45) is 5.41 Å². The van der Waals surface area contributed by atoms with E-state index in [1.807, 2.05) is 12.1 Å². The van der Waals surface area contributed by atoms with Crippen molar-refractivity contribution in [3.05, 3.63) is 23.5 Å². The highest BCUT2D eigenvalue weighted by atomic mass is 35.5. The SMILES string of the molecule is Clc1cc(NC2CC23CCCC3)ccn1. The average Bonchev–Trinajstić information content (AvgIpc) is 2.67. The molecule has 2 fully saturated rings. The second-order valence-electron chi connectivity index (χ2n) is 4.84. The van der Waals surface area contributed by atoms with Crippen LogP contribution in [-0.4, -0.2) is 11.0 Å². The zero-order valence-corrected chi connectivity index (χ0v) is 9.43. The number of aromatic nitrogens is 1. The maximum absolute atomic E-state index is 5.85. The molecule has 2 aliphatic carbocycles. The molecule has 0 radical (unpaired) electrons. The molecule has 1 spiro atoms. The Hall–Kier alpha value is -0.760. The fraction of sp³-hybridized carbons (Fsp3) is 0.583. The number of nitrogens with one attached hydrogen (secondary N) is 1. The van der Waals surface area contributed by atoms with Gasteiger partial charge in [-0.05, 0) is 36.8 Å². The van der Waals surface area contributed by atoms with Crippen molar-refractivity contribution in [2.75, 3.05) is 5.32 Å². The van der Waals surface area contributed by atoms with Gasteiger partial charge in [0.15, 0.2) is 0 Å². The second kappa shape index (κ2) is 3.38. The number of hydrogen-bond donors (Lipinski definition) is 1. The van der Waals surface area contributed by atoms with Crippen LogP contribution in [-0.2, 0) is 0 Å². The Balaban J connectivity index is 1.67. The molecule has 1 unspecified atom stereocenters. The summed E-state index contributed by atoms with van der Waals surface area (Å²) in [7, 11) is 0. The predicted molar refractivity (Wildman–Crippen MR) is 62.2 cm³/mol. The summed E-state index contributed by atoms with van der Waals surface area (Å²) in [6.45, 7) is 0. The lowest BCUT2D eigenvalue weighted by Crippen LogP contribution is -2.10. The van der Waals surface area contributed by atoms with Crippen LogP contribution in [0.15, 0.2) is 18.3 Å². The minimum absolute atomic E-state index is 0.570. The molecule has 15 heavy (non-hydrogen) atoms. The molecule has 80 valence electrons. The van der Waals surface area contributed by atoms with E-state index in [-0.39, 0.29) is 0 Å². The van der Waals surface area contributed by atoms with Crippen LogP contribution >= 0.6 is 11.6 Å². The summed E-state index contributed by atoms with van der Waals surface area (Å²) in [5, 5.41) is 4.14. The fourth-order valence-electron chi connectivity index (χ4n) is 2.88. The molecule has 2 nitrogen and oxygen atoms in total. The molecule has 2 saturated carbocycles. The number of nitrogens with zero attached hydrogens (tertiary/aromatic N) is 1. The molecule has 0 bridgehead atoms. The van der Waals surface area contributed by atoms with Crippen molar-refractivity contribution in [3.8, 4) is 0 Å². The summed E-state index contributed by atoms with van der Waals surface area (Å²) in [6, 6.07) is 4.58. The standard InChI is InChI=1S/C12H15ClN2/c13-11-7-9(3-6-14-11)15-10-8-12(10)4-1-2-5-12/h3,6-7,10H,1-2,4-5,8H2,(H,14,15). The van der Waals surface area contributed by atoms with E-state index in [9.17, 15) is 0 Å². The van der Waals surface area contributed by atoms with Gasteiger partial charge in [0.25, 0.3) is 0 Å². The minimum atomic E-state index is 0.570. The van der Waals surface area contributed by atoms with Crippen LogP contribution in [0.2, 0.25) is 5.15 Å². The second-order valence-corrected chi connectivity index (χ2v) is 5.23. The van der Waals surface area contributed by atoms with Crippen molar-refractivity contribution < 1.29 is 0 Å². The van der Waals surface area contributed by atoms with Crippen LogP contribution in [0.3, 0.4) is 0 Å². The molecule has 0 aromatic carbocycles. The summed E-state index contributed by atoms with van der Waals surface area (Å²) in [5.74, 6) is 0. The van der Waals surface area contributed by atoms with Crippen LogP contribution in [0, 0.1) is 5.41 Å². The van der Waals surface area contributed by atoms with Gasteiger partial charge in [0.2, 0.25) is 0 Å². The Labute approximate surface area is 95.0 Å². The summed E-state index contributed by atoms with van der Waals surface area (Å²) >= 11 is 5.85. The molecule has 0 saturated heterocycles. The molecule has 1 aromatic rings. The highest BCUT2D eigenvalue weighted by Crippen LogP contribution is 2.58. The van der Waals surface area contributed by atoms with Gasteiger partial charge in [-0.25, -0.2) is 4.98 Å². The van der Waals surface area contributed by atoms with Gasteiger partial charge in [-0.15, -0.1) is 0 Å². The van der Waals surface area contributed by atoms with E-state index in [4.69, 9.17) is 11.6 Å². The summed E-state index contributed by atoms with van der Waals surface area (Å²) in [6.07, 6.45) is 8.73. The first-order valence-electron chi connectivity index (χ1n) is 5.67. The fourth-order valence-corrected chi connectivity index (χ4v) is 3.05. The first-order chi connectivity index (χ1) is 7.28. The number of anilines is 1. The van der Waals surface area contributed by atoms with Gasteiger partial charge in [0.1, 0.15) is 5.15 Å². The van der Waals surface area contributed by atoms with Crippen molar-refractivity contribution in [2.45, 2.75) is 38.1 Å². The molecular weight excluding hydrogens is 208 g/mol. The smallest absolute Gasteiger partial charge is 0.131 e. The number of halogens is 1. The van der Waals surface area contributed by atoms with E-state index >= 15 is 0 Å². The number of rotatable bonds is 2. The average molecular weight is 223 g/mol. The van der Waals surface area contributed by atoms with Crippen LogP contribution in [0.5, 0.6) is 0 Å². The van der Waals surface area contributed by atoms with Crippen molar-refractivity contribution in [3.63, 3.8) is 0 Å². The van der Waals surface area contributed by atoms with Gasteiger partial charge >= 0.3 is 0 Å². The molecule has 1 N–H and O–H groups in total. The topological polar surface area (TPSA) is 24.9 Å². The Morgan fingerprint density at radius 3 is 2.93 bits per heavy atom. The molecule has 0 aliphatic heterocycles. The van der Waals surface area contributed by atoms with Crippen LogP contribution in [0.1, 0.15) is 32.1 Å². The highest BCUT2D eigenvalue weighted by molar-refractivity contribution is 6.29. The van der Waals surface area contributed by atoms with Crippen LogP contribution in [0.4, 0.5) is 5.69 Å². The maximum Gasteiger partial charge on any atom is 0.131 e. The number of pyridine rings is 1. The van der Waals surface area contributed by atoms with Gasteiger partial charge in [0, 0.05) is 17.9 Å². The highest BCUT2D eigenvalue weighted by Gasteiger charge is 2.54. The van der Waals surface area contributed by atoms with Gasteiger partial charge in [-0.1, -0.05) is 24.4 Å². The Morgan fingerprint density at radius 2 is 2.20 bits per heavy atom. The lowest BCUT2D eigenvalue weighted by molar-refractivity contribution is 0.520. The lowest BCUT2D eigenvalue weighted by Gasteiger charge is -2.10. The van der Waals surface area contributed by atoms with Gasteiger partial charge in [0.05, 0.1) is 0 Å². The molecule has 0 amide bonds. The van der Waals surface area contributed by atoms with E-state index in [0.29, 0.717) is 16.6 Å². The predicted octanol–water partition coefficient (Wildman–Crippen LogP) is 3.48. The molecule has 2 aliphatic rings. The first kappa shape index (κ1) is 9.46. The van der Waals surface area contributed by atoms with Crippen LogP contribution < -0.4 is 5.32 Å². The Bertz CT molecular complexity index is 372. The third-order valence-corrected chi connectivity index (χ3v) is 4.06. The van der Waals surface area contributed by atoms with Crippen LogP contribution in [0.25, 0.3) is 0 Å². The third kappa shape index (κ3) is 1.71. The minimum Gasteiger partial charge on any atom is -0.382 e. The van der Waals surface area contributed by atoms with E-state index in [2.05, 4.69) is 10.3 Å². The first-order valence-corrected chi connectivity index (χ1v) is 6.04. The quantitative estimate of drug-likeness (QED) is 0.775. The van der Waals surface area contributed by atoms with Crippen molar-refractivity contribution in [1.82, 2.24) is 4.98 Å². The molecule has 3 heteroatoms. The van der Waals surface area contributed by atoms with Crippen molar-refractivity contribution >= 4 is 17.3 Å². The third-order valence-electron chi connectivity index (χ3n) is 3.86. The molecule has 3 rings (SSSR count).